The highest BCUT2D eigenvalue weighted by Crippen LogP contribution is 2.44. The Bertz CT molecular complexity index is 210. The van der Waals surface area contributed by atoms with E-state index in [1.165, 1.54) is 25.7 Å². The highest BCUT2D eigenvalue weighted by molar-refractivity contribution is 4.95. The van der Waals surface area contributed by atoms with Gasteiger partial charge in [-0.3, -0.25) is 0 Å². The number of fused-ring (bicyclic) bond motifs is 2. The summed E-state index contributed by atoms with van der Waals surface area (Å²) in [6.45, 7) is 1.62. The van der Waals surface area contributed by atoms with Crippen molar-refractivity contribution < 1.29 is 4.74 Å². The minimum absolute atomic E-state index is 0.512. The van der Waals surface area contributed by atoms with Crippen molar-refractivity contribution >= 4 is 0 Å². The summed E-state index contributed by atoms with van der Waals surface area (Å²) < 4.78 is 5.29. The third-order valence-corrected chi connectivity index (χ3v) is 4.31. The van der Waals surface area contributed by atoms with E-state index in [-0.39, 0.29) is 0 Å². The average molecular weight is 226 g/mol. The van der Waals surface area contributed by atoms with Gasteiger partial charge in [0, 0.05) is 19.2 Å². The van der Waals surface area contributed by atoms with Crippen LogP contribution in [0.25, 0.3) is 0 Å². The molecule has 94 valence electrons. The fourth-order valence-corrected chi connectivity index (χ4v) is 3.53. The van der Waals surface area contributed by atoms with Crippen LogP contribution in [0.5, 0.6) is 0 Å². The second kappa shape index (κ2) is 5.99. The molecule has 3 heteroatoms. The zero-order chi connectivity index (χ0) is 11.4. The Morgan fingerprint density at radius 3 is 2.81 bits per heavy atom. The van der Waals surface area contributed by atoms with E-state index in [0.29, 0.717) is 6.04 Å². The van der Waals surface area contributed by atoms with Gasteiger partial charge >= 0.3 is 0 Å². The molecule has 2 saturated carbocycles. The van der Waals surface area contributed by atoms with Gasteiger partial charge in [-0.15, -0.1) is 0 Å². The summed E-state index contributed by atoms with van der Waals surface area (Å²) in [5, 5.41) is 3.80. The van der Waals surface area contributed by atoms with Crippen molar-refractivity contribution in [3.05, 3.63) is 0 Å². The molecule has 0 saturated heterocycles. The molecule has 0 aromatic rings. The predicted molar refractivity (Wildman–Crippen MR) is 66.3 cm³/mol. The van der Waals surface area contributed by atoms with E-state index in [1.54, 1.807) is 7.11 Å². The number of hydrogen-bond acceptors (Lipinski definition) is 3. The summed E-state index contributed by atoms with van der Waals surface area (Å²) >= 11 is 0. The standard InChI is InChI=1S/C13H26N2O/c1-16-9-12(3-2-6-14)15-13-8-10-4-5-11(13)7-10/h10-13,15H,2-9,14H2,1H3. The molecule has 4 atom stereocenters. The Morgan fingerprint density at radius 2 is 2.25 bits per heavy atom. The highest BCUT2D eigenvalue weighted by Gasteiger charge is 2.39. The largest absolute Gasteiger partial charge is 0.383 e. The van der Waals surface area contributed by atoms with Gasteiger partial charge in [-0.25, -0.2) is 0 Å². The van der Waals surface area contributed by atoms with Crippen molar-refractivity contribution in [3.63, 3.8) is 0 Å². The van der Waals surface area contributed by atoms with Crippen LogP contribution in [0.2, 0.25) is 0 Å². The monoisotopic (exact) mass is 226 g/mol. The summed E-state index contributed by atoms with van der Waals surface area (Å²) in [4.78, 5) is 0. The second-order valence-corrected chi connectivity index (χ2v) is 5.53. The number of hydrogen-bond donors (Lipinski definition) is 2. The van der Waals surface area contributed by atoms with Gasteiger partial charge in [0.15, 0.2) is 0 Å². The Balaban J connectivity index is 1.76. The minimum Gasteiger partial charge on any atom is -0.383 e. The maximum Gasteiger partial charge on any atom is 0.0615 e. The van der Waals surface area contributed by atoms with Crippen molar-refractivity contribution in [2.45, 2.75) is 50.6 Å². The topological polar surface area (TPSA) is 47.3 Å². The van der Waals surface area contributed by atoms with Crippen LogP contribution in [0.1, 0.15) is 38.5 Å². The molecule has 3 N–H and O–H groups in total. The molecule has 16 heavy (non-hydrogen) atoms. The Labute approximate surface area is 99.1 Å². The molecule has 2 bridgehead atoms. The van der Waals surface area contributed by atoms with E-state index in [2.05, 4.69) is 5.32 Å². The molecule has 0 amide bonds. The van der Waals surface area contributed by atoms with Crippen LogP contribution in [-0.2, 0) is 4.74 Å². The van der Waals surface area contributed by atoms with Crippen LogP contribution in [0.3, 0.4) is 0 Å². The van der Waals surface area contributed by atoms with Crippen LogP contribution < -0.4 is 11.1 Å². The Morgan fingerprint density at radius 1 is 1.38 bits per heavy atom. The van der Waals surface area contributed by atoms with Crippen molar-refractivity contribution in [3.8, 4) is 0 Å². The molecule has 4 unspecified atom stereocenters. The minimum atomic E-state index is 0.512. The number of rotatable bonds is 7. The van der Waals surface area contributed by atoms with Gasteiger partial charge in [0.2, 0.25) is 0 Å². The molecule has 2 fully saturated rings. The molecular formula is C13H26N2O. The van der Waals surface area contributed by atoms with E-state index >= 15 is 0 Å². The van der Waals surface area contributed by atoms with Gasteiger partial charge in [0.25, 0.3) is 0 Å². The Hall–Kier alpha value is -0.120. The normalized spacial score (nSPS) is 34.5. The summed E-state index contributed by atoms with van der Waals surface area (Å²) in [7, 11) is 1.79. The SMILES string of the molecule is COCC(CCCN)NC1CC2CCC1C2. The highest BCUT2D eigenvalue weighted by atomic mass is 16.5. The summed E-state index contributed by atoms with van der Waals surface area (Å²) in [6.07, 6.45) is 8.03. The third-order valence-electron chi connectivity index (χ3n) is 4.31. The molecular weight excluding hydrogens is 200 g/mol. The van der Waals surface area contributed by atoms with Crippen molar-refractivity contribution in [1.82, 2.24) is 5.32 Å². The smallest absolute Gasteiger partial charge is 0.0615 e. The first kappa shape index (κ1) is 12.3. The Kier molecular flexibility index (Phi) is 4.62. The van der Waals surface area contributed by atoms with E-state index in [0.717, 1.165) is 43.9 Å². The van der Waals surface area contributed by atoms with E-state index in [9.17, 15) is 0 Å². The molecule has 0 aliphatic heterocycles. The van der Waals surface area contributed by atoms with Gasteiger partial charge in [-0.1, -0.05) is 6.42 Å². The first-order chi connectivity index (χ1) is 7.83. The van der Waals surface area contributed by atoms with Crippen molar-refractivity contribution in [2.24, 2.45) is 17.6 Å². The quantitative estimate of drug-likeness (QED) is 0.692. The van der Waals surface area contributed by atoms with E-state index < -0.39 is 0 Å². The fraction of sp³-hybridized carbons (Fsp3) is 1.00. The van der Waals surface area contributed by atoms with Crippen LogP contribution in [0.15, 0.2) is 0 Å². The molecule has 0 heterocycles. The fourth-order valence-electron chi connectivity index (χ4n) is 3.53. The van der Waals surface area contributed by atoms with Gasteiger partial charge < -0.3 is 15.8 Å². The summed E-state index contributed by atoms with van der Waals surface area (Å²) in [5.74, 6) is 1.96. The van der Waals surface area contributed by atoms with E-state index in [4.69, 9.17) is 10.5 Å². The zero-order valence-corrected chi connectivity index (χ0v) is 10.5. The molecule has 0 radical (unpaired) electrons. The zero-order valence-electron chi connectivity index (χ0n) is 10.5. The molecule has 2 rings (SSSR count). The van der Waals surface area contributed by atoms with Gasteiger partial charge in [0.1, 0.15) is 0 Å². The van der Waals surface area contributed by atoms with E-state index in [1.807, 2.05) is 0 Å². The molecule has 0 spiro atoms. The lowest BCUT2D eigenvalue weighted by molar-refractivity contribution is 0.148. The van der Waals surface area contributed by atoms with Crippen molar-refractivity contribution in [2.75, 3.05) is 20.3 Å². The third kappa shape index (κ3) is 2.96. The number of ether oxygens (including phenoxy) is 1. The van der Waals surface area contributed by atoms with Crippen LogP contribution in [0, 0.1) is 11.8 Å². The predicted octanol–water partition coefficient (Wildman–Crippen LogP) is 1.52. The van der Waals surface area contributed by atoms with Crippen molar-refractivity contribution in [1.29, 1.82) is 0 Å². The van der Waals surface area contributed by atoms with Gasteiger partial charge in [0.05, 0.1) is 6.61 Å². The lowest BCUT2D eigenvalue weighted by Gasteiger charge is -2.28. The first-order valence-electron chi connectivity index (χ1n) is 6.78. The lowest BCUT2D eigenvalue weighted by atomic mass is 9.94. The van der Waals surface area contributed by atoms with Gasteiger partial charge in [-0.2, -0.15) is 0 Å². The first-order valence-corrected chi connectivity index (χ1v) is 6.78. The molecule has 3 nitrogen and oxygen atoms in total. The maximum atomic E-state index is 5.57. The van der Waals surface area contributed by atoms with Crippen LogP contribution in [-0.4, -0.2) is 32.3 Å². The van der Waals surface area contributed by atoms with Gasteiger partial charge in [-0.05, 0) is 50.5 Å². The average Bonchev–Trinajstić information content (AvgIpc) is 2.88. The lowest BCUT2D eigenvalue weighted by Crippen LogP contribution is -2.43. The number of nitrogens with one attached hydrogen (secondary N) is 1. The number of nitrogens with two attached hydrogens (primary N) is 1. The summed E-state index contributed by atoms with van der Waals surface area (Å²) in [6, 6.07) is 1.27. The molecule has 2 aliphatic carbocycles. The molecule has 0 aromatic heterocycles. The van der Waals surface area contributed by atoms with Crippen LogP contribution in [0.4, 0.5) is 0 Å². The number of methoxy groups -OCH3 is 1. The maximum absolute atomic E-state index is 5.57. The molecule has 0 aromatic carbocycles. The molecule has 2 aliphatic rings. The summed E-state index contributed by atoms with van der Waals surface area (Å²) in [5.41, 5.74) is 5.57. The second-order valence-electron chi connectivity index (χ2n) is 5.53. The van der Waals surface area contributed by atoms with Crippen LogP contribution >= 0.6 is 0 Å².